The second kappa shape index (κ2) is 6.88. The van der Waals surface area contributed by atoms with Crippen LogP contribution >= 0.6 is 0 Å². The van der Waals surface area contributed by atoms with Crippen LogP contribution in [-0.4, -0.2) is 59.8 Å². The van der Waals surface area contributed by atoms with Crippen LogP contribution in [0.3, 0.4) is 0 Å². The maximum atomic E-state index is 10.4. The van der Waals surface area contributed by atoms with Crippen molar-refractivity contribution in [1.82, 2.24) is 9.80 Å². The molecule has 3 atom stereocenters. The lowest BCUT2D eigenvalue weighted by Crippen LogP contribution is -2.50. The van der Waals surface area contributed by atoms with Crippen LogP contribution in [0, 0.1) is 0 Å². The highest BCUT2D eigenvalue weighted by Gasteiger charge is 2.32. The molecule has 2 fully saturated rings. The molecule has 0 bridgehead atoms. The second-order valence-corrected chi connectivity index (χ2v) is 6.19. The van der Waals surface area contributed by atoms with E-state index in [0.29, 0.717) is 12.1 Å². The summed E-state index contributed by atoms with van der Waals surface area (Å²) in [6, 6.07) is 1.05. The smallest absolute Gasteiger partial charge is 0.0695 e. The van der Waals surface area contributed by atoms with Crippen LogP contribution in [0.5, 0.6) is 0 Å². The van der Waals surface area contributed by atoms with Crippen LogP contribution < -0.4 is 0 Å². The molecule has 18 heavy (non-hydrogen) atoms. The summed E-state index contributed by atoms with van der Waals surface area (Å²) in [5, 5.41) is 10.4. The van der Waals surface area contributed by atoms with Gasteiger partial charge in [-0.2, -0.15) is 0 Å². The van der Waals surface area contributed by atoms with Gasteiger partial charge in [-0.3, -0.25) is 4.90 Å². The van der Waals surface area contributed by atoms with E-state index in [-0.39, 0.29) is 6.10 Å². The Morgan fingerprint density at radius 3 is 2.61 bits per heavy atom. The molecule has 3 nitrogen and oxygen atoms in total. The van der Waals surface area contributed by atoms with Gasteiger partial charge in [-0.05, 0) is 39.3 Å². The van der Waals surface area contributed by atoms with Crippen LogP contribution in [0.4, 0.5) is 0 Å². The largest absolute Gasteiger partial charge is 0.391 e. The van der Waals surface area contributed by atoms with E-state index in [9.17, 15) is 5.11 Å². The summed E-state index contributed by atoms with van der Waals surface area (Å²) in [5.74, 6) is 0. The minimum atomic E-state index is -0.0926. The van der Waals surface area contributed by atoms with Crippen LogP contribution in [0.25, 0.3) is 0 Å². The summed E-state index contributed by atoms with van der Waals surface area (Å²) >= 11 is 0. The van der Waals surface area contributed by atoms with Crippen LogP contribution in [-0.2, 0) is 0 Å². The average molecular weight is 254 g/mol. The first-order chi connectivity index (χ1) is 8.72. The van der Waals surface area contributed by atoms with E-state index in [1.807, 2.05) is 0 Å². The molecule has 1 aliphatic carbocycles. The Morgan fingerprint density at radius 1 is 1.06 bits per heavy atom. The van der Waals surface area contributed by atoms with Gasteiger partial charge in [0.05, 0.1) is 6.10 Å². The van der Waals surface area contributed by atoms with E-state index in [2.05, 4.69) is 23.8 Å². The molecule has 0 aromatic rings. The topological polar surface area (TPSA) is 26.7 Å². The van der Waals surface area contributed by atoms with Crippen LogP contribution in [0.2, 0.25) is 0 Å². The number of aliphatic hydroxyl groups is 1. The van der Waals surface area contributed by atoms with Gasteiger partial charge in [0.25, 0.3) is 0 Å². The maximum absolute atomic E-state index is 10.4. The molecule has 0 aromatic heterocycles. The zero-order chi connectivity index (χ0) is 13.0. The normalized spacial score (nSPS) is 37.2. The van der Waals surface area contributed by atoms with Gasteiger partial charge in [-0.25, -0.2) is 0 Å². The highest BCUT2D eigenvalue weighted by molar-refractivity contribution is 4.88. The van der Waals surface area contributed by atoms with Gasteiger partial charge in [-0.15, -0.1) is 0 Å². The molecule has 1 N–H and O–H groups in total. The lowest BCUT2D eigenvalue weighted by molar-refractivity contribution is 0.0196. The van der Waals surface area contributed by atoms with Crippen molar-refractivity contribution in [3.05, 3.63) is 0 Å². The van der Waals surface area contributed by atoms with Crippen molar-refractivity contribution < 1.29 is 5.11 Å². The van der Waals surface area contributed by atoms with Crippen molar-refractivity contribution in [3.8, 4) is 0 Å². The molecule has 3 heteroatoms. The fraction of sp³-hybridized carbons (Fsp3) is 1.00. The third-order valence-electron chi connectivity index (χ3n) is 4.79. The van der Waals surface area contributed by atoms with Gasteiger partial charge in [0, 0.05) is 25.2 Å². The van der Waals surface area contributed by atoms with E-state index in [4.69, 9.17) is 0 Å². The first-order valence-electron chi connectivity index (χ1n) is 7.84. The molecule has 1 heterocycles. The molecule has 2 aliphatic rings. The van der Waals surface area contributed by atoms with Crippen molar-refractivity contribution in [2.45, 2.75) is 70.1 Å². The first kappa shape index (κ1) is 14.3. The summed E-state index contributed by atoms with van der Waals surface area (Å²) < 4.78 is 0. The summed E-state index contributed by atoms with van der Waals surface area (Å²) in [5.41, 5.74) is 0. The zero-order valence-corrected chi connectivity index (χ0v) is 12.1. The lowest BCUT2D eigenvalue weighted by Gasteiger charge is -2.39. The van der Waals surface area contributed by atoms with Crippen LogP contribution in [0.15, 0.2) is 0 Å². The first-order valence-corrected chi connectivity index (χ1v) is 7.84. The monoisotopic (exact) mass is 254 g/mol. The van der Waals surface area contributed by atoms with Crippen molar-refractivity contribution in [2.75, 3.05) is 26.7 Å². The van der Waals surface area contributed by atoms with Crippen molar-refractivity contribution in [2.24, 2.45) is 0 Å². The van der Waals surface area contributed by atoms with Gasteiger partial charge in [0.2, 0.25) is 0 Å². The molecule has 2 rings (SSSR count). The zero-order valence-electron chi connectivity index (χ0n) is 12.1. The van der Waals surface area contributed by atoms with E-state index in [1.54, 1.807) is 0 Å². The van der Waals surface area contributed by atoms with Gasteiger partial charge >= 0.3 is 0 Å². The molecular formula is C15H30N2O. The fourth-order valence-electron chi connectivity index (χ4n) is 3.72. The molecule has 1 saturated heterocycles. The van der Waals surface area contributed by atoms with Gasteiger partial charge < -0.3 is 10.0 Å². The van der Waals surface area contributed by atoms with Crippen molar-refractivity contribution in [3.63, 3.8) is 0 Å². The Labute approximate surface area is 112 Å². The molecule has 1 aliphatic heterocycles. The maximum Gasteiger partial charge on any atom is 0.0695 e. The summed E-state index contributed by atoms with van der Waals surface area (Å²) in [6.07, 6.45) is 8.37. The summed E-state index contributed by atoms with van der Waals surface area (Å²) in [4.78, 5) is 5.09. The molecule has 0 amide bonds. The van der Waals surface area contributed by atoms with E-state index >= 15 is 0 Å². The molecule has 106 valence electrons. The number of nitrogens with zero attached hydrogens (tertiary/aromatic N) is 2. The number of hydrogen-bond donors (Lipinski definition) is 1. The van der Waals surface area contributed by atoms with Gasteiger partial charge in [0.1, 0.15) is 0 Å². The number of likely N-dealkylation sites (N-methyl/N-ethyl adjacent to an activating group) is 1. The van der Waals surface area contributed by atoms with Gasteiger partial charge in [-0.1, -0.05) is 26.2 Å². The Morgan fingerprint density at radius 2 is 1.83 bits per heavy atom. The fourth-order valence-corrected chi connectivity index (χ4v) is 3.72. The third kappa shape index (κ3) is 3.46. The Hall–Kier alpha value is -0.120. The lowest BCUT2D eigenvalue weighted by atomic mass is 10.0. The number of aliphatic hydroxyl groups excluding tert-OH is 1. The SMILES string of the molecule is CCC1CN(C)CCCN1C1CCCCCC1O. The van der Waals surface area contributed by atoms with Crippen LogP contribution in [0.1, 0.15) is 51.9 Å². The van der Waals surface area contributed by atoms with E-state index in [0.717, 1.165) is 6.42 Å². The second-order valence-electron chi connectivity index (χ2n) is 6.19. The van der Waals surface area contributed by atoms with E-state index < -0.39 is 0 Å². The molecule has 0 spiro atoms. The molecule has 1 saturated carbocycles. The minimum absolute atomic E-state index is 0.0926. The Kier molecular flexibility index (Phi) is 5.46. The highest BCUT2D eigenvalue weighted by atomic mass is 16.3. The molecule has 0 radical (unpaired) electrons. The Balaban J connectivity index is 2.06. The Bertz CT molecular complexity index is 247. The van der Waals surface area contributed by atoms with Crippen molar-refractivity contribution >= 4 is 0 Å². The molecule has 0 aromatic carbocycles. The minimum Gasteiger partial charge on any atom is -0.391 e. The highest BCUT2D eigenvalue weighted by Crippen LogP contribution is 2.26. The van der Waals surface area contributed by atoms with Crippen molar-refractivity contribution in [1.29, 1.82) is 0 Å². The third-order valence-corrected chi connectivity index (χ3v) is 4.79. The average Bonchev–Trinajstić information content (AvgIpc) is 2.67. The number of hydrogen-bond acceptors (Lipinski definition) is 3. The quantitative estimate of drug-likeness (QED) is 0.765. The predicted molar refractivity (Wildman–Crippen MR) is 75.8 cm³/mol. The molecule has 3 unspecified atom stereocenters. The summed E-state index contributed by atoms with van der Waals surface area (Å²) in [7, 11) is 2.23. The predicted octanol–water partition coefficient (Wildman–Crippen LogP) is 2.10. The summed E-state index contributed by atoms with van der Waals surface area (Å²) in [6.45, 7) is 5.83. The van der Waals surface area contributed by atoms with Gasteiger partial charge in [0.15, 0.2) is 0 Å². The number of rotatable bonds is 2. The molecular weight excluding hydrogens is 224 g/mol. The van der Waals surface area contributed by atoms with E-state index in [1.165, 1.54) is 58.2 Å². The standard InChI is InChI=1S/C15H30N2O/c1-3-13-12-16(2)10-7-11-17(13)14-8-5-4-6-9-15(14)18/h13-15,18H,3-12H2,1-2H3.